The first-order chi connectivity index (χ1) is 22.2. The van der Waals surface area contributed by atoms with Gasteiger partial charge in [0.25, 0.3) is 5.91 Å². The Morgan fingerprint density at radius 1 is 0.896 bits per heavy atom. The molecule has 0 spiro atoms. The number of amides is 3. The third-order valence-corrected chi connectivity index (χ3v) is 8.83. The van der Waals surface area contributed by atoms with E-state index < -0.39 is 71.5 Å². The van der Waals surface area contributed by atoms with Crippen LogP contribution in [0.5, 0.6) is 0 Å². The molecular weight excluding hydrogens is 704 g/mol. The Hall–Kier alpha value is -3.48. The van der Waals surface area contributed by atoms with Crippen molar-refractivity contribution in [2.75, 3.05) is 6.54 Å². The van der Waals surface area contributed by atoms with Crippen molar-refractivity contribution in [3.8, 4) is 0 Å². The molecule has 0 fully saturated rings. The monoisotopic (exact) mass is 735 g/mol. The summed E-state index contributed by atoms with van der Waals surface area (Å²) in [6.07, 6.45) is -0.465. The fraction of sp³-hybridized carbons (Fsp3) is 0.394. The quantitative estimate of drug-likeness (QED) is 0.151. The van der Waals surface area contributed by atoms with Crippen molar-refractivity contribution in [1.82, 2.24) is 16.0 Å². The van der Waals surface area contributed by atoms with Crippen LogP contribution in [0.25, 0.3) is 0 Å². The largest absolute Gasteiger partial charge is 0.405 e. The van der Waals surface area contributed by atoms with Gasteiger partial charge in [-0.15, -0.1) is 0 Å². The first-order valence-corrected chi connectivity index (χ1v) is 15.8. The zero-order valence-corrected chi connectivity index (χ0v) is 28.2. The standard InChI is InChI=1S/C33H33Cl3F5N3O4/c1-18(2)26(28(46)33(40,41)30(48)42-17-32(37,38)39)44-29(47)27(31(3)13-11-21(34)12-14-31)43-25(45)16-22(19-7-5-4-6-8-19)20-9-10-23(35)24(36)15-20/h4-13,15,18,22,26-27H,14,16-17H2,1-3H3,(H,42,48)(H,43,45)(H,44,47)/t22?,26-,27+,31?/m0/s1. The van der Waals surface area contributed by atoms with Crippen LogP contribution < -0.4 is 16.0 Å². The molecule has 4 atom stereocenters. The maximum absolute atomic E-state index is 14.8. The Bertz CT molecular complexity index is 1580. The molecule has 48 heavy (non-hydrogen) atoms. The molecule has 2 unspecified atom stereocenters. The highest BCUT2D eigenvalue weighted by Crippen LogP contribution is 2.36. The van der Waals surface area contributed by atoms with Crippen molar-refractivity contribution in [3.05, 3.63) is 93.0 Å². The summed E-state index contributed by atoms with van der Waals surface area (Å²) in [4.78, 5) is 52.4. The Morgan fingerprint density at radius 3 is 2.08 bits per heavy atom. The molecule has 3 rings (SSSR count). The van der Waals surface area contributed by atoms with E-state index in [4.69, 9.17) is 34.8 Å². The molecule has 0 saturated carbocycles. The minimum absolute atomic E-state index is 0.117. The zero-order valence-electron chi connectivity index (χ0n) is 25.9. The number of halogens is 8. The minimum atomic E-state index is -5.01. The lowest BCUT2D eigenvalue weighted by molar-refractivity contribution is -0.165. The van der Waals surface area contributed by atoms with Crippen LogP contribution in [0, 0.1) is 11.3 Å². The fourth-order valence-electron chi connectivity index (χ4n) is 5.09. The number of allylic oxidation sites excluding steroid dienone is 3. The second kappa shape index (κ2) is 15.8. The lowest BCUT2D eigenvalue weighted by atomic mass is 9.76. The Morgan fingerprint density at radius 2 is 1.54 bits per heavy atom. The van der Waals surface area contributed by atoms with Crippen molar-refractivity contribution >= 4 is 58.3 Å². The molecule has 0 bridgehead atoms. The number of rotatable bonds is 13. The molecule has 0 heterocycles. The van der Waals surface area contributed by atoms with Crippen molar-refractivity contribution in [2.24, 2.45) is 11.3 Å². The summed E-state index contributed by atoms with van der Waals surface area (Å²) >= 11 is 18.5. The van der Waals surface area contributed by atoms with Crippen LogP contribution >= 0.6 is 34.8 Å². The van der Waals surface area contributed by atoms with Crippen LogP contribution in [0.1, 0.15) is 50.7 Å². The van der Waals surface area contributed by atoms with E-state index in [1.807, 2.05) is 0 Å². The fourth-order valence-corrected chi connectivity index (χ4v) is 5.53. The molecule has 0 radical (unpaired) electrons. The van der Waals surface area contributed by atoms with E-state index in [0.29, 0.717) is 15.6 Å². The van der Waals surface area contributed by atoms with Crippen LogP contribution in [0.2, 0.25) is 10.0 Å². The van der Waals surface area contributed by atoms with Crippen molar-refractivity contribution in [1.29, 1.82) is 0 Å². The van der Waals surface area contributed by atoms with Crippen LogP contribution in [0.3, 0.4) is 0 Å². The smallest absolute Gasteiger partial charge is 0.344 e. The predicted molar refractivity (Wildman–Crippen MR) is 173 cm³/mol. The topological polar surface area (TPSA) is 104 Å². The molecule has 2 aromatic carbocycles. The van der Waals surface area contributed by atoms with E-state index in [1.165, 1.54) is 19.9 Å². The van der Waals surface area contributed by atoms with E-state index in [0.717, 1.165) is 10.9 Å². The minimum Gasteiger partial charge on any atom is -0.344 e. The molecular formula is C33H33Cl3F5N3O4. The van der Waals surface area contributed by atoms with Gasteiger partial charge in [-0.05, 0) is 41.7 Å². The Balaban J connectivity index is 1.93. The molecule has 260 valence electrons. The van der Waals surface area contributed by atoms with Gasteiger partial charge in [-0.3, -0.25) is 19.2 Å². The van der Waals surface area contributed by atoms with E-state index in [9.17, 15) is 41.1 Å². The number of ketones is 1. The molecule has 0 aromatic heterocycles. The average Bonchev–Trinajstić information content (AvgIpc) is 3.02. The van der Waals surface area contributed by atoms with Crippen molar-refractivity contribution in [3.63, 3.8) is 0 Å². The highest BCUT2D eigenvalue weighted by molar-refractivity contribution is 6.42. The lowest BCUT2D eigenvalue weighted by Gasteiger charge is -2.37. The summed E-state index contributed by atoms with van der Waals surface area (Å²) in [6.45, 7) is 2.11. The number of Topliss-reactive ketones (excluding diaryl/α,β-unsaturated/α-hetero) is 1. The molecule has 2 aromatic rings. The number of hydrogen-bond acceptors (Lipinski definition) is 4. The normalized spacial score (nSPS) is 18.4. The van der Waals surface area contributed by atoms with Gasteiger partial charge >= 0.3 is 12.1 Å². The van der Waals surface area contributed by atoms with Crippen molar-refractivity contribution in [2.45, 2.75) is 63.7 Å². The number of carbonyl (C=O) groups excluding carboxylic acids is 4. The zero-order chi connectivity index (χ0) is 36.0. The molecule has 3 N–H and O–H groups in total. The Kier molecular flexibility index (Phi) is 12.8. The van der Waals surface area contributed by atoms with Gasteiger partial charge in [0.05, 0.1) is 16.1 Å². The van der Waals surface area contributed by atoms with Crippen LogP contribution in [-0.4, -0.2) is 54.2 Å². The number of carbonyl (C=O) groups is 4. The predicted octanol–water partition coefficient (Wildman–Crippen LogP) is 7.11. The van der Waals surface area contributed by atoms with E-state index in [1.54, 1.807) is 67.6 Å². The highest BCUT2D eigenvalue weighted by Gasteiger charge is 2.52. The third kappa shape index (κ3) is 10.0. The van der Waals surface area contributed by atoms with Crippen LogP contribution in [0.15, 0.2) is 71.8 Å². The molecule has 7 nitrogen and oxygen atoms in total. The van der Waals surface area contributed by atoms with Gasteiger partial charge in [0, 0.05) is 22.8 Å². The van der Waals surface area contributed by atoms with Crippen molar-refractivity contribution < 1.29 is 41.1 Å². The number of benzene rings is 2. The maximum atomic E-state index is 14.8. The van der Waals surface area contributed by atoms with Gasteiger partial charge in [0.1, 0.15) is 12.6 Å². The van der Waals surface area contributed by atoms with E-state index in [-0.39, 0.29) is 17.9 Å². The molecule has 1 aliphatic rings. The maximum Gasteiger partial charge on any atom is 0.405 e. The highest BCUT2D eigenvalue weighted by atomic mass is 35.5. The molecule has 3 amide bonds. The molecule has 15 heteroatoms. The van der Waals surface area contributed by atoms with E-state index in [2.05, 4.69) is 10.6 Å². The summed E-state index contributed by atoms with van der Waals surface area (Å²) in [5.41, 5.74) is 0.199. The number of hydrogen-bond donors (Lipinski definition) is 3. The lowest BCUT2D eigenvalue weighted by Crippen LogP contribution is -2.61. The third-order valence-electron chi connectivity index (χ3n) is 7.82. The van der Waals surface area contributed by atoms with Gasteiger partial charge in [-0.2, -0.15) is 22.0 Å². The summed E-state index contributed by atoms with van der Waals surface area (Å²) in [5, 5.41) is 6.81. The summed E-state index contributed by atoms with van der Waals surface area (Å²) in [7, 11) is 0. The van der Waals surface area contributed by atoms with Crippen LogP contribution in [0.4, 0.5) is 22.0 Å². The first kappa shape index (κ1) is 39.0. The van der Waals surface area contributed by atoms with Crippen LogP contribution in [-0.2, 0) is 19.2 Å². The van der Waals surface area contributed by atoms with Gasteiger partial charge in [-0.1, -0.05) is 104 Å². The van der Waals surface area contributed by atoms with Gasteiger partial charge in [0.15, 0.2) is 0 Å². The van der Waals surface area contributed by atoms with Gasteiger partial charge in [0.2, 0.25) is 17.6 Å². The number of nitrogens with one attached hydrogen (secondary N) is 3. The molecule has 0 saturated heterocycles. The average molecular weight is 737 g/mol. The Labute approximate surface area is 289 Å². The first-order valence-electron chi connectivity index (χ1n) is 14.7. The molecule has 1 aliphatic carbocycles. The summed E-state index contributed by atoms with van der Waals surface area (Å²) in [5.74, 6) is -12.8. The van der Waals surface area contributed by atoms with Gasteiger partial charge < -0.3 is 16.0 Å². The second-order valence-corrected chi connectivity index (χ2v) is 13.2. The second-order valence-electron chi connectivity index (χ2n) is 11.9. The summed E-state index contributed by atoms with van der Waals surface area (Å²) in [6, 6.07) is 10.4. The van der Waals surface area contributed by atoms with Gasteiger partial charge in [-0.25, -0.2) is 0 Å². The molecule has 0 aliphatic heterocycles. The summed E-state index contributed by atoms with van der Waals surface area (Å²) < 4.78 is 67.3. The number of alkyl halides is 5. The SMILES string of the molecule is CC(C)[C@H](NC(=O)[C@@H](NC(=O)CC(c1ccccc1)c1ccc(Cl)c(Cl)c1)C1(C)C=CC(Cl)=CC1)C(=O)C(F)(F)C(=O)NCC(F)(F)F. The van der Waals surface area contributed by atoms with E-state index >= 15 is 0 Å².